The summed E-state index contributed by atoms with van der Waals surface area (Å²) < 4.78 is 0. The molecule has 2 N–H and O–H groups in total. The minimum absolute atomic E-state index is 0.557. The lowest BCUT2D eigenvalue weighted by atomic mass is 10.1. The first-order valence-corrected chi connectivity index (χ1v) is 12.4. The minimum atomic E-state index is -0.742. The second-order valence-corrected chi connectivity index (χ2v) is 8.11. The molecule has 0 bridgehead atoms. The monoisotopic (exact) mass is 436 g/mol. The maximum atomic E-state index is 9.28. The van der Waals surface area contributed by atoms with Crippen molar-refractivity contribution in [3.05, 3.63) is 36.5 Å². The van der Waals surface area contributed by atoms with E-state index in [2.05, 4.69) is 48.0 Å². The summed E-state index contributed by atoms with van der Waals surface area (Å²) in [6, 6.07) is 0. The quantitative estimate of drug-likeness (QED) is 0.131. The van der Waals surface area contributed by atoms with Crippen LogP contribution in [0.4, 0.5) is 0 Å². The van der Waals surface area contributed by atoms with Crippen LogP contribution in [0.5, 0.6) is 0 Å². The Kier molecular flexibility index (Phi) is 23.4. The van der Waals surface area contributed by atoms with Gasteiger partial charge in [-0.25, -0.2) is 0 Å². The molecule has 2 nitrogen and oxygen atoms in total. The zero-order valence-electron chi connectivity index (χ0n) is 20.0. The van der Waals surface area contributed by atoms with E-state index < -0.39 is 12.2 Å². The summed E-state index contributed by atoms with van der Waals surface area (Å²) in [7, 11) is 0. The molecule has 2 unspecified atom stereocenters. The van der Waals surface area contributed by atoms with Gasteiger partial charge < -0.3 is 10.2 Å². The van der Waals surface area contributed by atoms with Crippen LogP contribution in [0.2, 0.25) is 0 Å². The molecule has 176 valence electrons. The third-order valence-corrected chi connectivity index (χ3v) is 5.15. The predicted molar refractivity (Wildman–Crippen MR) is 139 cm³/mol. The smallest absolute Gasteiger partial charge is 0.133 e. The lowest BCUT2D eigenvalue weighted by Gasteiger charge is -2.03. The molecule has 0 radical (unpaired) electrons. The number of hydrogen-bond donors (Lipinski definition) is 2. The molecular formula is C30H44O2. The average Bonchev–Trinajstić information content (AvgIpc) is 2.81. The van der Waals surface area contributed by atoms with Gasteiger partial charge in [-0.05, 0) is 57.4 Å². The Morgan fingerprint density at radius 1 is 0.625 bits per heavy atom. The van der Waals surface area contributed by atoms with Gasteiger partial charge >= 0.3 is 0 Å². The van der Waals surface area contributed by atoms with Crippen molar-refractivity contribution in [2.75, 3.05) is 0 Å². The third kappa shape index (κ3) is 24.1. The van der Waals surface area contributed by atoms with Crippen molar-refractivity contribution < 1.29 is 10.2 Å². The number of aliphatic hydroxyl groups is 2. The Morgan fingerprint density at radius 2 is 1.25 bits per heavy atom. The van der Waals surface area contributed by atoms with Crippen LogP contribution < -0.4 is 0 Å². The molecule has 0 fully saturated rings. The van der Waals surface area contributed by atoms with Gasteiger partial charge in [-0.15, -0.1) is 18.8 Å². The van der Waals surface area contributed by atoms with E-state index in [0.29, 0.717) is 0 Å². The lowest BCUT2D eigenvalue weighted by molar-refractivity contribution is 0.217. The van der Waals surface area contributed by atoms with Gasteiger partial charge in [-0.2, -0.15) is 0 Å². The first-order chi connectivity index (χ1) is 15.7. The molecule has 32 heavy (non-hydrogen) atoms. The molecule has 0 saturated heterocycles. The Morgan fingerprint density at radius 3 is 1.97 bits per heavy atom. The van der Waals surface area contributed by atoms with E-state index in [0.717, 1.165) is 57.8 Å². The van der Waals surface area contributed by atoms with E-state index in [1.54, 1.807) is 6.08 Å². The van der Waals surface area contributed by atoms with Gasteiger partial charge in [0.25, 0.3) is 0 Å². The molecule has 0 aromatic heterocycles. The highest BCUT2D eigenvalue weighted by molar-refractivity contribution is 5.06. The van der Waals surface area contributed by atoms with Crippen LogP contribution in [0.15, 0.2) is 36.5 Å². The average molecular weight is 437 g/mol. The minimum Gasteiger partial charge on any atom is -0.380 e. The summed E-state index contributed by atoms with van der Waals surface area (Å²) in [6.45, 7) is 0. The maximum Gasteiger partial charge on any atom is 0.133 e. The van der Waals surface area contributed by atoms with Gasteiger partial charge in [0, 0.05) is 12.8 Å². The Hall–Kier alpha value is -2.18. The van der Waals surface area contributed by atoms with Crippen molar-refractivity contribution in [2.24, 2.45) is 0 Å². The molecule has 0 saturated carbocycles. The van der Waals surface area contributed by atoms with Crippen molar-refractivity contribution in [1.82, 2.24) is 0 Å². The SMILES string of the molecule is C#CC(O)/C=C/CCCCCCC#CC/C=C/C/C=C/CCCCCCCCC(O)C#C. The molecule has 2 heteroatoms. The number of rotatable bonds is 19. The normalized spacial score (nSPS) is 13.1. The van der Waals surface area contributed by atoms with E-state index >= 15 is 0 Å². The fourth-order valence-corrected chi connectivity index (χ4v) is 3.19. The summed E-state index contributed by atoms with van der Waals surface area (Å²) >= 11 is 0. The summed E-state index contributed by atoms with van der Waals surface area (Å²) in [5.74, 6) is 11.1. The molecule has 0 rings (SSSR count). The number of unbranched alkanes of at least 4 members (excludes halogenated alkanes) is 11. The largest absolute Gasteiger partial charge is 0.380 e. The summed E-state index contributed by atoms with van der Waals surface area (Å²) in [4.78, 5) is 0. The second-order valence-electron chi connectivity index (χ2n) is 8.11. The summed E-state index contributed by atoms with van der Waals surface area (Å²) in [6.07, 6.45) is 39.1. The third-order valence-electron chi connectivity index (χ3n) is 5.15. The second kappa shape index (κ2) is 25.1. The zero-order valence-corrected chi connectivity index (χ0v) is 20.0. The molecule has 0 spiro atoms. The number of terminal acetylenes is 2. The summed E-state index contributed by atoms with van der Waals surface area (Å²) in [5.41, 5.74) is 0. The van der Waals surface area contributed by atoms with E-state index in [-0.39, 0.29) is 0 Å². The fourth-order valence-electron chi connectivity index (χ4n) is 3.19. The van der Waals surface area contributed by atoms with E-state index in [9.17, 15) is 10.2 Å². The molecule has 2 atom stereocenters. The highest BCUT2D eigenvalue weighted by Crippen LogP contribution is 2.10. The molecule has 0 aromatic carbocycles. The molecule has 0 aliphatic heterocycles. The van der Waals surface area contributed by atoms with Gasteiger partial charge in [0.2, 0.25) is 0 Å². The molecule has 0 amide bonds. The van der Waals surface area contributed by atoms with Gasteiger partial charge in [0.1, 0.15) is 12.2 Å². The molecule has 0 aromatic rings. The fraction of sp³-hybridized carbons (Fsp3) is 0.600. The molecule has 0 heterocycles. The van der Waals surface area contributed by atoms with Crippen LogP contribution in [0.3, 0.4) is 0 Å². The topological polar surface area (TPSA) is 40.5 Å². The number of hydrogen-bond acceptors (Lipinski definition) is 2. The Labute approximate surface area is 198 Å². The lowest BCUT2D eigenvalue weighted by Crippen LogP contribution is -2.01. The maximum absolute atomic E-state index is 9.28. The molecule has 0 aliphatic carbocycles. The first-order valence-electron chi connectivity index (χ1n) is 12.4. The van der Waals surface area contributed by atoms with Crippen molar-refractivity contribution in [3.8, 4) is 36.5 Å². The highest BCUT2D eigenvalue weighted by atomic mass is 16.3. The zero-order chi connectivity index (χ0) is 23.5. The van der Waals surface area contributed by atoms with Crippen molar-refractivity contribution in [1.29, 1.82) is 0 Å². The van der Waals surface area contributed by atoms with Gasteiger partial charge in [-0.3, -0.25) is 0 Å². The summed E-state index contributed by atoms with van der Waals surface area (Å²) in [5, 5.41) is 18.5. The molecule has 0 aliphatic rings. The van der Waals surface area contributed by atoms with Crippen LogP contribution in [-0.4, -0.2) is 22.4 Å². The standard InChI is InChI=1S/C30H44O2/c1-3-29(31)27-25-23-21-19-17-15-13-11-9-7-5-6-8-10-12-14-16-18-20-22-24-26-28-30(32)4-2/h1-2,5-6,9,11,26,28-32H,7-8,13-25,27H2/b6-5+,11-9+,28-26+. The highest BCUT2D eigenvalue weighted by Gasteiger charge is 1.97. The van der Waals surface area contributed by atoms with E-state index in [1.807, 2.05) is 6.08 Å². The van der Waals surface area contributed by atoms with Crippen molar-refractivity contribution in [2.45, 2.75) is 115 Å². The van der Waals surface area contributed by atoms with Crippen LogP contribution >= 0.6 is 0 Å². The van der Waals surface area contributed by atoms with Crippen LogP contribution in [-0.2, 0) is 0 Å². The molecular weight excluding hydrogens is 392 g/mol. The Balaban J connectivity index is 3.38. The number of allylic oxidation sites excluding steroid dienone is 5. The van der Waals surface area contributed by atoms with E-state index in [1.165, 1.54) is 44.9 Å². The Bertz CT molecular complexity index is 645. The predicted octanol–water partition coefficient (Wildman–Crippen LogP) is 6.89. The van der Waals surface area contributed by atoms with Gasteiger partial charge in [-0.1, -0.05) is 86.7 Å². The van der Waals surface area contributed by atoms with Crippen LogP contribution in [0.25, 0.3) is 0 Å². The van der Waals surface area contributed by atoms with Crippen LogP contribution in [0, 0.1) is 36.5 Å². The van der Waals surface area contributed by atoms with Gasteiger partial charge in [0.05, 0.1) is 0 Å². The van der Waals surface area contributed by atoms with Crippen molar-refractivity contribution >= 4 is 0 Å². The van der Waals surface area contributed by atoms with Crippen LogP contribution in [0.1, 0.15) is 103 Å². The number of aliphatic hydroxyl groups excluding tert-OH is 2. The van der Waals surface area contributed by atoms with E-state index in [4.69, 9.17) is 12.8 Å². The van der Waals surface area contributed by atoms with Crippen molar-refractivity contribution in [3.63, 3.8) is 0 Å². The van der Waals surface area contributed by atoms with Gasteiger partial charge in [0.15, 0.2) is 0 Å². The first kappa shape index (κ1) is 29.8.